The number of nitrogens with one attached hydrogen (secondary N) is 1. The molecule has 0 radical (unpaired) electrons. The second kappa shape index (κ2) is 6.70. The highest BCUT2D eigenvalue weighted by atomic mass is 16.2. The summed E-state index contributed by atoms with van der Waals surface area (Å²) in [6, 6.07) is 11.5. The lowest BCUT2D eigenvalue weighted by Crippen LogP contribution is -2.42. The molecule has 1 aliphatic heterocycles. The zero-order valence-corrected chi connectivity index (χ0v) is 13.8. The number of rotatable bonds is 2. The Labute approximate surface area is 141 Å². The molecule has 2 amide bonds. The van der Waals surface area contributed by atoms with Gasteiger partial charge in [-0.2, -0.15) is 0 Å². The zero-order valence-electron chi connectivity index (χ0n) is 13.8. The summed E-state index contributed by atoms with van der Waals surface area (Å²) in [6.45, 7) is 1.03. The van der Waals surface area contributed by atoms with Gasteiger partial charge in [-0.25, -0.2) is 4.98 Å². The van der Waals surface area contributed by atoms with Gasteiger partial charge >= 0.3 is 11.8 Å². The molecule has 1 N–H and O–H groups in total. The first kappa shape index (κ1) is 16.0. The average molecular weight is 324 g/mol. The summed E-state index contributed by atoms with van der Waals surface area (Å²) in [5.41, 5.74) is 2.85. The van der Waals surface area contributed by atoms with Crippen LogP contribution in [-0.4, -0.2) is 42.3 Å². The molecule has 0 aliphatic carbocycles. The highest BCUT2D eigenvalue weighted by Crippen LogP contribution is 2.19. The van der Waals surface area contributed by atoms with E-state index in [2.05, 4.69) is 16.4 Å². The number of hydrogen-bond acceptors (Lipinski definition) is 4. The molecule has 0 unspecified atom stereocenters. The van der Waals surface area contributed by atoms with Crippen LogP contribution in [0.2, 0.25) is 0 Å². The van der Waals surface area contributed by atoms with Crippen molar-refractivity contribution in [2.75, 3.05) is 30.9 Å². The molecule has 2 heterocycles. The predicted octanol–water partition coefficient (Wildman–Crippen LogP) is 1.67. The van der Waals surface area contributed by atoms with E-state index in [9.17, 15) is 9.59 Å². The first-order chi connectivity index (χ1) is 11.5. The topological polar surface area (TPSA) is 65.5 Å². The number of hydrogen-bond donors (Lipinski definition) is 1. The van der Waals surface area contributed by atoms with Crippen molar-refractivity contribution in [2.24, 2.45) is 0 Å². The zero-order chi connectivity index (χ0) is 17.1. The summed E-state index contributed by atoms with van der Waals surface area (Å²) < 4.78 is 0. The fourth-order valence-electron chi connectivity index (χ4n) is 2.72. The Kier molecular flexibility index (Phi) is 4.46. The van der Waals surface area contributed by atoms with Crippen LogP contribution < -0.4 is 10.2 Å². The number of anilines is 2. The van der Waals surface area contributed by atoms with Gasteiger partial charge < -0.3 is 15.1 Å². The summed E-state index contributed by atoms with van der Waals surface area (Å²) in [5.74, 6) is -0.359. The van der Waals surface area contributed by atoms with Crippen molar-refractivity contribution in [3.05, 3.63) is 53.7 Å². The number of pyridine rings is 1. The molecule has 3 rings (SSSR count). The van der Waals surface area contributed by atoms with Crippen molar-refractivity contribution in [1.29, 1.82) is 0 Å². The Morgan fingerprint density at radius 1 is 1.12 bits per heavy atom. The smallest absolute Gasteiger partial charge is 0.313 e. The molecule has 0 bridgehead atoms. The van der Waals surface area contributed by atoms with Crippen LogP contribution in [0.1, 0.15) is 11.1 Å². The van der Waals surface area contributed by atoms with Gasteiger partial charge in [0, 0.05) is 27.2 Å². The van der Waals surface area contributed by atoms with Gasteiger partial charge in [0.15, 0.2) is 0 Å². The van der Waals surface area contributed by atoms with Crippen molar-refractivity contribution in [1.82, 2.24) is 9.88 Å². The SMILES string of the molecule is CN(C)c1ccc(NC(=O)C(=O)N2CCc3ccccc3C2)cn1. The first-order valence-electron chi connectivity index (χ1n) is 7.85. The number of aromatic nitrogens is 1. The normalized spacial score (nSPS) is 13.2. The highest BCUT2D eigenvalue weighted by Gasteiger charge is 2.25. The Balaban J connectivity index is 1.64. The summed E-state index contributed by atoms with van der Waals surface area (Å²) in [5, 5.41) is 2.62. The third kappa shape index (κ3) is 3.37. The monoisotopic (exact) mass is 324 g/mol. The summed E-state index contributed by atoms with van der Waals surface area (Å²) >= 11 is 0. The first-order valence-corrected chi connectivity index (χ1v) is 7.85. The third-order valence-electron chi connectivity index (χ3n) is 4.08. The van der Waals surface area contributed by atoms with Crippen LogP contribution in [0.25, 0.3) is 0 Å². The van der Waals surface area contributed by atoms with Gasteiger partial charge in [-0.15, -0.1) is 0 Å². The molecule has 0 atom stereocenters. The van der Waals surface area contributed by atoms with E-state index in [-0.39, 0.29) is 0 Å². The Bertz CT molecular complexity index is 756. The number of nitrogens with zero attached hydrogens (tertiary/aromatic N) is 3. The molecule has 0 fully saturated rings. The summed E-state index contributed by atoms with van der Waals surface area (Å²) in [7, 11) is 3.77. The maximum atomic E-state index is 12.4. The lowest BCUT2D eigenvalue weighted by molar-refractivity contribution is -0.143. The molecule has 0 spiro atoms. The predicted molar refractivity (Wildman–Crippen MR) is 92.8 cm³/mol. The van der Waals surface area contributed by atoms with E-state index in [1.165, 1.54) is 5.56 Å². The van der Waals surface area contributed by atoms with E-state index in [1.807, 2.05) is 37.2 Å². The minimum absolute atomic E-state index is 0.472. The number of amides is 2. The van der Waals surface area contributed by atoms with Crippen molar-refractivity contribution >= 4 is 23.3 Å². The van der Waals surface area contributed by atoms with Crippen LogP contribution in [-0.2, 0) is 22.6 Å². The van der Waals surface area contributed by atoms with Crippen molar-refractivity contribution in [2.45, 2.75) is 13.0 Å². The fourth-order valence-corrected chi connectivity index (χ4v) is 2.72. The van der Waals surface area contributed by atoms with Crippen LogP contribution in [0.3, 0.4) is 0 Å². The number of benzene rings is 1. The largest absolute Gasteiger partial charge is 0.363 e. The second-order valence-electron chi connectivity index (χ2n) is 6.00. The second-order valence-corrected chi connectivity index (χ2v) is 6.00. The molecule has 0 saturated carbocycles. The highest BCUT2D eigenvalue weighted by molar-refractivity contribution is 6.39. The minimum Gasteiger partial charge on any atom is -0.363 e. The van der Waals surface area contributed by atoms with E-state index in [4.69, 9.17) is 0 Å². The molecule has 2 aromatic rings. The van der Waals surface area contributed by atoms with Crippen LogP contribution >= 0.6 is 0 Å². The van der Waals surface area contributed by atoms with E-state index in [1.54, 1.807) is 23.2 Å². The quantitative estimate of drug-likeness (QED) is 0.854. The van der Waals surface area contributed by atoms with Crippen molar-refractivity contribution < 1.29 is 9.59 Å². The Morgan fingerprint density at radius 3 is 2.54 bits per heavy atom. The molecule has 1 aromatic carbocycles. The lowest BCUT2D eigenvalue weighted by Gasteiger charge is -2.28. The number of fused-ring (bicyclic) bond motifs is 1. The van der Waals surface area contributed by atoms with Gasteiger partial charge in [-0.1, -0.05) is 24.3 Å². The molecule has 1 aromatic heterocycles. The van der Waals surface area contributed by atoms with Crippen LogP contribution in [0.5, 0.6) is 0 Å². The fraction of sp³-hybridized carbons (Fsp3) is 0.278. The van der Waals surface area contributed by atoms with E-state index < -0.39 is 11.8 Å². The van der Waals surface area contributed by atoms with Crippen molar-refractivity contribution in [3.63, 3.8) is 0 Å². The molecule has 6 nitrogen and oxygen atoms in total. The van der Waals surface area contributed by atoms with Gasteiger partial charge in [0.2, 0.25) is 0 Å². The maximum Gasteiger partial charge on any atom is 0.313 e. The van der Waals surface area contributed by atoms with Crippen LogP contribution in [0.15, 0.2) is 42.6 Å². The standard InChI is InChI=1S/C18H20N4O2/c1-21(2)16-8-7-15(11-19-16)20-17(23)18(24)22-10-9-13-5-3-4-6-14(13)12-22/h3-8,11H,9-10,12H2,1-2H3,(H,20,23). The molecular weight excluding hydrogens is 304 g/mol. The van der Waals surface area contributed by atoms with Crippen LogP contribution in [0.4, 0.5) is 11.5 Å². The van der Waals surface area contributed by atoms with Gasteiger partial charge in [0.05, 0.1) is 11.9 Å². The molecule has 1 aliphatic rings. The lowest BCUT2D eigenvalue weighted by atomic mass is 10.00. The van der Waals surface area contributed by atoms with Gasteiger partial charge in [0.25, 0.3) is 0 Å². The van der Waals surface area contributed by atoms with Crippen molar-refractivity contribution in [3.8, 4) is 0 Å². The summed E-state index contributed by atoms with van der Waals surface area (Å²) in [6.07, 6.45) is 2.32. The van der Waals surface area contributed by atoms with E-state index in [0.717, 1.165) is 17.8 Å². The molecule has 0 saturated heterocycles. The number of carbonyl (C=O) groups is 2. The molecule has 124 valence electrons. The molecule has 6 heteroatoms. The van der Waals surface area contributed by atoms with Gasteiger partial charge in [-0.05, 0) is 29.7 Å². The average Bonchev–Trinajstić information content (AvgIpc) is 2.61. The van der Waals surface area contributed by atoms with Crippen LogP contribution in [0, 0.1) is 0 Å². The van der Waals surface area contributed by atoms with E-state index in [0.29, 0.717) is 18.8 Å². The van der Waals surface area contributed by atoms with Gasteiger partial charge in [-0.3, -0.25) is 9.59 Å². The molecule has 24 heavy (non-hydrogen) atoms. The Hall–Kier alpha value is -2.89. The minimum atomic E-state index is -0.631. The van der Waals surface area contributed by atoms with Gasteiger partial charge in [0.1, 0.15) is 5.82 Å². The number of carbonyl (C=O) groups excluding carboxylic acids is 2. The van der Waals surface area contributed by atoms with E-state index >= 15 is 0 Å². The maximum absolute atomic E-state index is 12.4. The molecular formula is C18H20N4O2. The third-order valence-corrected chi connectivity index (χ3v) is 4.08. The Morgan fingerprint density at radius 2 is 1.88 bits per heavy atom. The summed E-state index contributed by atoms with van der Waals surface area (Å²) in [4.78, 5) is 32.2.